The van der Waals surface area contributed by atoms with Crippen LogP contribution >= 0.6 is 23.2 Å². The first-order chi connectivity index (χ1) is 8.99. The predicted molar refractivity (Wildman–Crippen MR) is 82.2 cm³/mol. The molecule has 0 aliphatic heterocycles. The topological polar surface area (TPSA) is 43.1 Å². The molecule has 0 spiro atoms. The summed E-state index contributed by atoms with van der Waals surface area (Å²) in [4.78, 5) is 0.658. The average Bonchev–Trinajstić information content (AvgIpc) is 2.37. The molecular formula is C14H13Cl2NOS. The summed E-state index contributed by atoms with van der Waals surface area (Å²) in [7, 11) is -1.20. The number of hydrogen-bond acceptors (Lipinski definition) is 2. The van der Waals surface area contributed by atoms with E-state index in [1.807, 2.05) is 25.1 Å². The zero-order valence-corrected chi connectivity index (χ0v) is 12.6. The van der Waals surface area contributed by atoms with E-state index in [-0.39, 0.29) is 0 Å². The molecular weight excluding hydrogens is 301 g/mol. The lowest BCUT2D eigenvalue weighted by atomic mass is 10.2. The molecule has 100 valence electrons. The Morgan fingerprint density at radius 1 is 1.16 bits per heavy atom. The third kappa shape index (κ3) is 3.30. The van der Waals surface area contributed by atoms with Crippen LogP contribution in [0.3, 0.4) is 0 Å². The van der Waals surface area contributed by atoms with Gasteiger partial charge in [-0.25, -0.2) is 0 Å². The smallest absolute Gasteiger partial charge is 0.0623 e. The summed E-state index contributed by atoms with van der Waals surface area (Å²) in [5.41, 5.74) is 8.33. The van der Waals surface area contributed by atoms with Gasteiger partial charge in [-0.15, -0.1) is 0 Å². The van der Waals surface area contributed by atoms with Crippen LogP contribution in [-0.2, 0) is 16.6 Å². The molecule has 0 amide bonds. The molecule has 2 nitrogen and oxygen atoms in total. The van der Waals surface area contributed by atoms with Crippen molar-refractivity contribution in [2.24, 2.45) is 0 Å². The van der Waals surface area contributed by atoms with Gasteiger partial charge in [0, 0.05) is 0 Å². The number of hydrogen-bond donors (Lipinski definition) is 1. The Labute approximate surface area is 125 Å². The third-order valence-electron chi connectivity index (χ3n) is 2.81. The Morgan fingerprint density at radius 2 is 1.89 bits per heavy atom. The number of aryl methyl sites for hydroxylation is 1. The lowest BCUT2D eigenvalue weighted by Gasteiger charge is -2.08. The number of nitrogen functional groups attached to an aromatic ring is 1. The van der Waals surface area contributed by atoms with Crippen molar-refractivity contribution >= 4 is 39.7 Å². The van der Waals surface area contributed by atoms with E-state index in [1.165, 1.54) is 0 Å². The second kappa shape index (κ2) is 5.95. The summed E-state index contributed by atoms with van der Waals surface area (Å²) in [5, 5.41) is 0.958. The third-order valence-corrected chi connectivity index (χ3v) is 4.99. The number of benzene rings is 2. The standard InChI is InChI=1S/C14H13Cl2NOS/c1-9-3-2-4-13(14(9)17)19(18)8-10-5-6-11(15)12(16)7-10/h2-7H,8,17H2,1H3. The average molecular weight is 314 g/mol. The van der Waals surface area contributed by atoms with Crippen LogP contribution in [0.4, 0.5) is 5.69 Å². The van der Waals surface area contributed by atoms with Crippen LogP contribution in [0.1, 0.15) is 11.1 Å². The number of rotatable bonds is 3. The molecule has 1 unspecified atom stereocenters. The molecule has 0 heterocycles. The van der Waals surface area contributed by atoms with Gasteiger partial charge in [0.05, 0.1) is 37.2 Å². The number of anilines is 1. The molecule has 1 atom stereocenters. The lowest BCUT2D eigenvalue weighted by Crippen LogP contribution is -2.02. The molecule has 0 radical (unpaired) electrons. The van der Waals surface area contributed by atoms with Gasteiger partial charge in [-0.05, 0) is 36.2 Å². The minimum Gasteiger partial charge on any atom is -0.398 e. The fourth-order valence-electron chi connectivity index (χ4n) is 1.71. The van der Waals surface area contributed by atoms with Crippen LogP contribution in [0.2, 0.25) is 10.0 Å². The van der Waals surface area contributed by atoms with Crippen LogP contribution in [0, 0.1) is 6.92 Å². The van der Waals surface area contributed by atoms with E-state index in [4.69, 9.17) is 28.9 Å². The highest BCUT2D eigenvalue weighted by Gasteiger charge is 2.11. The maximum atomic E-state index is 12.3. The Hall–Kier alpha value is -1.03. The lowest BCUT2D eigenvalue weighted by molar-refractivity contribution is 0.683. The van der Waals surface area contributed by atoms with Gasteiger partial charge >= 0.3 is 0 Å². The molecule has 2 rings (SSSR count). The Balaban J connectivity index is 2.26. The van der Waals surface area contributed by atoms with Crippen molar-refractivity contribution in [1.29, 1.82) is 0 Å². The van der Waals surface area contributed by atoms with Gasteiger partial charge in [0.25, 0.3) is 0 Å². The van der Waals surface area contributed by atoms with Gasteiger partial charge in [0.1, 0.15) is 0 Å². The number of para-hydroxylation sites is 1. The van der Waals surface area contributed by atoms with Crippen molar-refractivity contribution in [2.45, 2.75) is 17.6 Å². The molecule has 0 aromatic heterocycles. The maximum absolute atomic E-state index is 12.3. The zero-order chi connectivity index (χ0) is 14.0. The predicted octanol–water partition coefficient (Wildman–Crippen LogP) is 4.19. The first-order valence-electron chi connectivity index (χ1n) is 5.66. The normalized spacial score (nSPS) is 12.4. The van der Waals surface area contributed by atoms with Crippen LogP contribution in [-0.4, -0.2) is 4.21 Å². The van der Waals surface area contributed by atoms with E-state index in [1.54, 1.807) is 18.2 Å². The molecule has 0 aliphatic carbocycles. The van der Waals surface area contributed by atoms with Gasteiger partial charge < -0.3 is 5.73 Å². The van der Waals surface area contributed by atoms with E-state index >= 15 is 0 Å². The van der Waals surface area contributed by atoms with Gasteiger partial charge in [0.2, 0.25) is 0 Å². The van der Waals surface area contributed by atoms with E-state index in [9.17, 15) is 4.21 Å². The van der Waals surface area contributed by atoms with Gasteiger partial charge in [0.15, 0.2) is 0 Å². The summed E-state index contributed by atoms with van der Waals surface area (Å²) >= 11 is 11.8. The number of nitrogens with two attached hydrogens (primary N) is 1. The van der Waals surface area contributed by atoms with E-state index in [0.29, 0.717) is 26.4 Å². The SMILES string of the molecule is Cc1cccc(S(=O)Cc2ccc(Cl)c(Cl)c2)c1N. The Morgan fingerprint density at radius 3 is 2.58 bits per heavy atom. The van der Waals surface area contributed by atoms with Crippen LogP contribution in [0.5, 0.6) is 0 Å². The molecule has 2 N–H and O–H groups in total. The van der Waals surface area contributed by atoms with E-state index in [0.717, 1.165) is 11.1 Å². The largest absolute Gasteiger partial charge is 0.398 e. The molecule has 0 fully saturated rings. The van der Waals surface area contributed by atoms with Crippen molar-refractivity contribution in [3.8, 4) is 0 Å². The van der Waals surface area contributed by atoms with E-state index in [2.05, 4.69) is 0 Å². The van der Waals surface area contributed by atoms with Crippen molar-refractivity contribution in [3.05, 3.63) is 57.6 Å². The highest BCUT2D eigenvalue weighted by molar-refractivity contribution is 7.84. The minimum absolute atomic E-state index is 0.366. The van der Waals surface area contributed by atoms with Crippen LogP contribution < -0.4 is 5.73 Å². The summed E-state index contributed by atoms with van der Waals surface area (Å²) < 4.78 is 12.3. The van der Waals surface area contributed by atoms with Gasteiger partial charge in [-0.2, -0.15) is 0 Å². The van der Waals surface area contributed by atoms with Crippen molar-refractivity contribution in [1.82, 2.24) is 0 Å². The van der Waals surface area contributed by atoms with Crippen molar-refractivity contribution in [2.75, 3.05) is 5.73 Å². The molecule has 2 aromatic carbocycles. The zero-order valence-electron chi connectivity index (χ0n) is 10.3. The first kappa shape index (κ1) is 14.4. The Bertz CT molecular complexity index is 643. The molecule has 0 saturated heterocycles. The summed E-state index contributed by atoms with van der Waals surface area (Å²) in [6.45, 7) is 1.90. The number of halogens is 2. The molecule has 5 heteroatoms. The maximum Gasteiger partial charge on any atom is 0.0623 e. The summed E-state index contributed by atoms with van der Waals surface area (Å²) in [6.07, 6.45) is 0. The molecule has 0 aliphatic rings. The van der Waals surface area contributed by atoms with Crippen molar-refractivity contribution < 1.29 is 4.21 Å². The summed E-state index contributed by atoms with van der Waals surface area (Å²) in [6, 6.07) is 10.8. The molecule has 2 aromatic rings. The second-order valence-corrected chi connectivity index (χ2v) is 6.46. The van der Waals surface area contributed by atoms with Crippen molar-refractivity contribution in [3.63, 3.8) is 0 Å². The minimum atomic E-state index is -1.20. The van der Waals surface area contributed by atoms with Gasteiger partial charge in [-0.3, -0.25) is 4.21 Å². The molecule has 19 heavy (non-hydrogen) atoms. The second-order valence-electron chi connectivity index (χ2n) is 4.23. The molecule has 0 saturated carbocycles. The van der Waals surface area contributed by atoms with Crippen LogP contribution in [0.25, 0.3) is 0 Å². The fraction of sp³-hybridized carbons (Fsp3) is 0.143. The molecule has 0 bridgehead atoms. The van der Waals surface area contributed by atoms with Gasteiger partial charge in [-0.1, -0.05) is 41.4 Å². The Kier molecular flexibility index (Phi) is 4.50. The monoisotopic (exact) mass is 313 g/mol. The highest BCUT2D eigenvalue weighted by Crippen LogP contribution is 2.26. The highest BCUT2D eigenvalue weighted by atomic mass is 35.5. The quantitative estimate of drug-likeness (QED) is 0.863. The van der Waals surface area contributed by atoms with E-state index < -0.39 is 10.8 Å². The summed E-state index contributed by atoms with van der Waals surface area (Å²) in [5.74, 6) is 0.366. The first-order valence-corrected chi connectivity index (χ1v) is 7.74. The fourth-order valence-corrected chi connectivity index (χ4v) is 3.31. The van der Waals surface area contributed by atoms with Crippen LogP contribution in [0.15, 0.2) is 41.3 Å².